The molecule has 0 spiro atoms. The molecule has 0 saturated carbocycles. The van der Waals surface area contributed by atoms with Gasteiger partial charge in [0.2, 0.25) is 5.69 Å². The van der Waals surface area contributed by atoms with Gasteiger partial charge in [-0.25, -0.2) is 0 Å². The minimum absolute atomic E-state index is 0. The number of esters is 2. The van der Waals surface area contributed by atoms with E-state index in [2.05, 4.69) is 0 Å². The van der Waals surface area contributed by atoms with Crippen LogP contribution < -0.4 is 0 Å². The van der Waals surface area contributed by atoms with Crippen LogP contribution in [-0.4, -0.2) is 44.6 Å². The van der Waals surface area contributed by atoms with Crippen LogP contribution in [0.3, 0.4) is 0 Å². The van der Waals surface area contributed by atoms with Crippen molar-refractivity contribution in [3.8, 4) is 0 Å². The Labute approximate surface area is 132 Å². The van der Waals surface area contributed by atoms with Crippen molar-refractivity contribution >= 4 is 50.7 Å². The van der Waals surface area contributed by atoms with E-state index in [1.165, 1.54) is 14.2 Å². The molecule has 0 aliphatic heterocycles. The van der Waals surface area contributed by atoms with E-state index in [0.29, 0.717) is 0 Å². The minimum atomic E-state index is -2.65. The van der Waals surface area contributed by atoms with Gasteiger partial charge in [-0.2, -0.15) is 9.90 Å². The van der Waals surface area contributed by atoms with Crippen LogP contribution in [0, 0.1) is 0 Å². The second-order valence-corrected chi connectivity index (χ2v) is 9.78. The number of ether oxygens (including phenoxy) is 2. The average Bonchev–Trinajstić information content (AvgIpc) is 2.38. The van der Waals surface area contributed by atoms with Crippen LogP contribution in [0.4, 0.5) is 0 Å². The monoisotopic (exact) mass is 364 g/mol. The lowest BCUT2D eigenvalue weighted by Crippen LogP contribution is -2.24. The zero-order valence-corrected chi connectivity index (χ0v) is 16.1. The smallest absolute Gasteiger partial charge is 0.320 e. The van der Waals surface area contributed by atoms with Crippen LogP contribution in [-0.2, 0) is 39.9 Å². The topological polar surface area (TPSA) is 71.1 Å². The van der Waals surface area contributed by atoms with Gasteiger partial charge in [0.25, 0.3) is 0 Å². The van der Waals surface area contributed by atoms with Gasteiger partial charge >= 0.3 is 11.9 Å². The quantitative estimate of drug-likeness (QED) is 0.455. The first-order chi connectivity index (χ1) is 8.92. The van der Waals surface area contributed by atoms with Crippen LogP contribution in [0.25, 0.3) is 0 Å². The molecular formula is C10H22O6P2S2. The number of carbonyl (C=O) groups excluding carboxylic acids is 2. The molecule has 10 heteroatoms. The Morgan fingerprint density at radius 2 is 1.65 bits per heavy atom. The van der Waals surface area contributed by atoms with E-state index < -0.39 is 22.9 Å². The predicted molar refractivity (Wildman–Crippen MR) is 88.7 cm³/mol. The lowest BCUT2D eigenvalue weighted by molar-refractivity contribution is -0.149. The summed E-state index contributed by atoms with van der Waals surface area (Å²) in [6.07, 6.45) is -0.123. The summed E-state index contributed by atoms with van der Waals surface area (Å²) >= 11 is 6.17. The maximum absolute atomic E-state index is 11.8. The fourth-order valence-corrected chi connectivity index (χ4v) is 4.95. The van der Waals surface area contributed by atoms with Gasteiger partial charge in [-0.15, -0.1) is 0 Å². The Morgan fingerprint density at radius 1 is 1.15 bits per heavy atom. The van der Waals surface area contributed by atoms with Crippen LogP contribution in [0.1, 0.15) is 20.3 Å². The van der Waals surface area contributed by atoms with Crippen molar-refractivity contribution in [1.29, 1.82) is 0 Å². The maximum Gasteiger partial charge on any atom is 0.320 e. The Hall–Kier alpha value is 0.290. The summed E-state index contributed by atoms with van der Waals surface area (Å²) in [5.41, 5.74) is -2.65. The molecule has 0 saturated heterocycles. The molecule has 0 aromatic carbocycles. The van der Waals surface area contributed by atoms with E-state index in [0.717, 1.165) is 11.4 Å². The third-order valence-corrected chi connectivity index (χ3v) is 7.78. The highest BCUT2D eigenvalue weighted by Gasteiger charge is 2.32. The Bertz CT molecular complexity index is 345. The molecule has 0 amide bonds. The van der Waals surface area contributed by atoms with Gasteiger partial charge in [-0.05, 0) is 25.7 Å². The summed E-state index contributed by atoms with van der Waals surface area (Å²) in [4.78, 5) is 23.3. The second-order valence-electron chi connectivity index (χ2n) is 3.17. The van der Waals surface area contributed by atoms with Gasteiger partial charge in [0.1, 0.15) is 5.25 Å². The third kappa shape index (κ3) is 8.55. The molecule has 0 aliphatic rings. The first-order valence-electron chi connectivity index (χ1n) is 5.64. The highest BCUT2D eigenvalue weighted by atomic mass is 32.9. The summed E-state index contributed by atoms with van der Waals surface area (Å²) in [5.74, 6) is -1.01. The zero-order chi connectivity index (χ0) is 14.9. The predicted octanol–water partition coefficient (Wildman–Crippen LogP) is 2.18. The van der Waals surface area contributed by atoms with Gasteiger partial charge in [-0.1, -0.05) is 11.4 Å². The van der Waals surface area contributed by atoms with Crippen molar-refractivity contribution in [2.45, 2.75) is 25.5 Å². The Kier molecular flexibility index (Phi) is 13.4. The number of rotatable bonds is 9. The Morgan fingerprint density at radius 3 is 2.05 bits per heavy atom. The maximum atomic E-state index is 11.8. The summed E-state index contributed by atoms with van der Waals surface area (Å²) < 4.78 is 19.9. The van der Waals surface area contributed by atoms with E-state index in [1.807, 2.05) is 0 Å². The van der Waals surface area contributed by atoms with Crippen molar-refractivity contribution in [2.24, 2.45) is 0 Å². The van der Waals surface area contributed by atoms with Crippen molar-refractivity contribution in [2.75, 3.05) is 27.4 Å². The van der Waals surface area contributed by atoms with Crippen LogP contribution in [0.5, 0.6) is 0 Å². The first-order valence-corrected chi connectivity index (χ1v) is 9.76. The van der Waals surface area contributed by atoms with Crippen LogP contribution >= 0.6 is 27.0 Å². The lowest BCUT2D eigenvalue weighted by atomic mass is 10.3. The molecule has 20 heavy (non-hydrogen) atoms. The van der Waals surface area contributed by atoms with E-state index >= 15 is 0 Å². The molecule has 0 aromatic rings. The largest absolute Gasteiger partial charge is 0.466 e. The summed E-state index contributed by atoms with van der Waals surface area (Å²) in [7, 11) is 2.81. The van der Waals surface area contributed by atoms with Crippen molar-refractivity contribution in [3.05, 3.63) is 0 Å². The molecule has 6 nitrogen and oxygen atoms in total. The second kappa shape index (κ2) is 11.9. The van der Waals surface area contributed by atoms with Gasteiger partial charge in [-0.3, -0.25) is 9.59 Å². The molecule has 120 valence electrons. The first kappa shape index (κ1) is 22.6. The molecule has 0 aromatic heterocycles. The molecule has 0 aliphatic carbocycles. The molecular weight excluding hydrogens is 342 g/mol. The molecule has 2 atom stereocenters. The zero-order valence-electron chi connectivity index (χ0n) is 12.1. The normalized spacial score (nSPS) is 12.2. The average molecular weight is 364 g/mol. The summed E-state index contributed by atoms with van der Waals surface area (Å²) in [6.45, 7) is 3.86. The lowest BCUT2D eigenvalue weighted by Gasteiger charge is -2.21. The van der Waals surface area contributed by atoms with E-state index in [-0.39, 0.29) is 29.5 Å². The fourth-order valence-electron chi connectivity index (χ4n) is 1.09. The van der Waals surface area contributed by atoms with Crippen molar-refractivity contribution in [1.82, 2.24) is 0 Å². The number of hydrogen-bond acceptors (Lipinski definition) is 8. The summed E-state index contributed by atoms with van der Waals surface area (Å²) in [6, 6.07) is 0. The van der Waals surface area contributed by atoms with Gasteiger partial charge in [0, 0.05) is 14.2 Å². The third-order valence-electron chi connectivity index (χ3n) is 1.91. The molecule has 2 unspecified atom stereocenters. The summed E-state index contributed by atoms with van der Waals surface area (Å²) in [5, 5.41) is -0.787. The van der Waals surface area contributed by atoms with Gasteiger partial charge in [0.05, 0.1) is 19.6 Å². The van der Waals surface area contributed by atoms with Crippen LogP contribution in [0.15, 0.2) is 0 Å². The molecule has 0 N–H and O–H groups in total. The number of hydrogen-bond donors (Lipinski definition) is 0. The highest BCUT2D eigenvalue weighted by molar-refractivity contribution is 8.68. The van der Waals surface area contributed by atoms with Crippen molar-refractivity contribution < 1.29 is 28.1 Å². The van der Waals surface area contributed by atoms with Crippen molar-refractivity contribution in [3.63, 3.8) is 0 Å². The number of carbonyl (C=O) groups is 2. The van der Waals surface area contributed by atoms with Gasteiger partial charge in [0.15, 0.2) is 0 Å². The van der Waals surface area contributed by atoms with Crippen LogP contribution in [0.2, 0.25) is 0 Å². The highest BCUT2D eigenvalue weighted by Crippen LogP contribution is 2.62. The Balaban J connectivity index is 0. The SMILES string of the molecule is CCOC(=O)CC(SP(=S)(OC)OC)C(=O)OCC.P. The molecule has 0 fully saturated rings. The molecule has 0 bridgehead atoms. The fraction of sp³-hybridized carbons (Fsp3) is 0.800. The van der Waals surface area contributed by atoms with E-state index in [4.69, 9.17) is 30.3 Å². The molecule has 0 heterocycles. The van der Waals surface area contributed by atoms with E-state index in [1.54, 1.807) is 13.8 Å². The minimum Gasteiger partial charge on any atom is -0.466 e. The standard InChI is InChI=1S/C10H19O6PS2.H3P/c1-5-15-9(11)7-8(10(12)16-6-2)19-17(18,13-3)14-4;/h8H,5-7H2,1-4H3;1H3. The van der Waals surface area contributed by atoms with E-state index in [9.17, 15) is 9.59 Å². The molecule has 0 rings (SSSR count). The molecule has 0 radical (unpaired) electrons. The van der Waals surface area contributed by atoms with Gasteiger partial charge < -0.3 is 18.5 Å².